The Hall–Kier alpha value is -0.840. The van der Waals surface area contributed by atoms with Gasteiger partial charge in [-0.2, -0.15) is 0 Å². The van der Waals surface area contributed by atoms with Crippen molar-refractivity contribution in [2.45, 2.75) is 37.4 Å². The highest BCUT2D eigenvalue weighted by Crippen LogP contribution is 2.25. The van der Waals surface area contributed by atoms with Crippen molar-refractivity contribution in [1.82, 2.24) is 10.2 Å². The van der Waals surface area contributed by atoms with Gasteiger partial charge in [-0.1, -0.05) is 12.8 Å². The van der Waals surface area contributed by atoms with Crippen LogP contribution in [0, 0.1) is 0 Å². The molecule has 0 spiro atoms. The maximum absolute atomic E-state index is 13.4. The molecule has 86 valence electrons. The SMILES string of the molecule is NCC1(F)CN(C(=O)NC2CCCC2)C1. The van der Waals surface area contributed by atoms with Gasteiger partial charge in [0.2, 0.25) is 0 Å². The van der Waals surface area contributed by atoms with Crippen molar-refractivity contribution in [2.24, 2.45) is 5.73 Å². The van der Waals surface area contributed by atoms with Crippen molar-refractivity contribution in [1.29, 1.82) is 0 Å². The molecule has 4 nitrogen and oxygen atoms in total. The van der Waals surface area contributed by atoms with Crippen molar-refractivity contribution >= 4 is 6.03 Å². The fraction of sp³-hybridized carbons (Fsp3) is 0.900. The van der Waals surface area contributed by atoms with Crippen LogP contribution in [0.15, 0.2) is 0 Å². The minimum absolute atomic E-state index is 0.000207. The first-order valence-electron chi connectivity index (χ1n) is 5.57. The van der Waals surface area contributed by atoms with E-state index in [0.29, 0.717) is 6.04 Å². The molecule has 0 radical (unpaired) electrons. The third-order valence-corrected chi connectivity index (χ3v) is 3.28. The number of nitrogens with one attached hydrogen (secondary N) is 1. The van der Waals surface area contributed by atoms with E-state index in [9.17, 15) is 9.18 Å². The first-order valence-corrected chi connectivity index (χ1v) is 5.57. The predicted octanol–water partition coefficient (Wildman–Crippen LogP) is 0.621. The standard InChI is InChI=1S/C10H18FN3O/c11-10(5-12)6-14(7-10)9(15)13-8-3-1-2-4-8/h8H,1-7,12H2,(H,13,15). The summed E-state index contributed by atoms with van der Waals surface area (Å²) in [6, 6.07) is 0.161. The quantitative estimate of drug-likeness (QED) is 0.709. The predicted molar refractivity (Wildman–Crippen MR) is 55.3 cm³/mol. The number of alkyl halides is 1. The molecule has 1 saturated heterocycles. The lowest BCUT2D eigenvalue weighted by atomic mass is 9.97. The highest BCUT2D eigenvalue weighted by Gasteiger charge is 2.45. The molecule has 2 rings (SSSR count). The largest absolute Gasteiger partial charge is 0.335 e. The van der Waals surface area contributed by atoms with Gasteiger partial charge in [0, 0.05) is 12.6 Å². The Morgan fingerprint density at radius 2 is 2.07 bits per heavy atom. The summed E-state index contributed by atoms with van der Waals surface area (Å²) in [5, 5.41) is 2.92. The Morgan fingerprint density at radius 3 is 2.60 bits per heavy atom. The molecule has 2 fully saturated rings. The van der Waals surface area contributed by atoms with Gasteiger partial charge < -0.3 is 16.0 Å². The van der Waals surface area contributed by atoms with Crippen LogP contribution in [0.2, 0.25) is 0 Å². The van der Waals surface area contributed by atoms with Crippen LogP contribution >= 0.6 is 0 Å². The fourth-order valence-corrected chi connectivity index (χ4v) is 2.25. The van der Waals surface area contributed by atoms with Gasteiger partial charge in [0.25, 0.3) is 0 Å². The summed E-state index contributed by atoms with van der Waals surface area (Å²) in [7, 11) is 0. The number of likely N-dealkylation sites (tertiary alicyclic amines) is 1. The Bertz CT molecular complexity index is 247. The van der Waals surface area contributed by atoms with Gasteiger partial charge in [0.05, 0.1) is 13.1 Å². The summed E-state index contributed by atoms with van der Waals surface area (Å²) in [6.07, 6.45) is 4.47. The third kappa shape index (κ3) is 2.22. The summed E-state index contributed by atoms with van der Waals surface area (Å²) in [6.45, 7) is 0.282. The average molecular weight is 215 g/mol. The maximum atomic E-state index is 13.4. The first-order chi connectivity index (χ1) is 7.13. The molecule has 1 saturated carbocycles. The van der Waals surface area contributed by atoms with E-state index >= 15 is 0 Å². The second kappa shape index (κ2) is 3.96. The van der Waals surface area contributed by atoms with Gasteiger partial charge in [-0.25, -0.2) is 9.18 Å². The van der Waals surface area contributed by atoms with Gasteiger partial charge in [-0.15, -0.1) is 0 Å². The molecule has 0 aromatic carbocycles. The lowest BCUT2D eigenvalue weighted by Crippen LogP contribution is -2.66. The molecule has 0 atom stereocenters. The Morgan fingerprint density at radius 1 is 1.47 bits per heavy atom. The molecular formula is C10H18FN3O. The van der Waals surface area contributed by atoms with Gasteiger partial charge in [-0.05, 0) is 12.8 Å². The van der Waals surface area contributed by atoms with Crippen LogP contribution in [0.4, 0.5) is 9.18 Å². The van der Waals surface area contributed by atoms with Crippen molar-refractivity contribution in [2.75, 3.05) is 19.6 Å². The van der Waals surface area contributed by atoms with Crippen molar-refractivity contribution in [3.05, 3.63) is 0 Å². The molecule has 2 aliphatic rings. The number of hydrogen-bond donors (Lipinski definition) is 2. The van der Waals surface area contributed by atoms with Crippen molar-refractivity contribution in [3.63, 3.8) is 0 Å². The van der Waals surface area contributed by atoms with Gasteiger partial charge in [0.15, 0.2) is 5.67 Å². The van der Waals surface area contributed by atoms with Crippen LogP contribution in [-0.2, 0) is 0 Å². The minimum atomic E-state index is -1.34. The molecule has 3 N–H and O–H groups in total. The lowest BCUT2D eigenvalue weighted by Gasteiger charge is -2.43. The number of carbonyl (C=O) groups excluding carboxylic acids is 1. The molecule has 2 amide bonds. The number of halogens is 1. The Labute approximate surface area is 89.0 Å². The Balaban J connectivity index is 1.74. The van der Waals surface area contributed by atoms with E-state index in [1.807, 2.05) is 0 Å². The average Bonchev–Trinajstić information content (AvgIpc) is 2.65. The van der Waals surface area contributed by atoms with E-state index in [-0.39, 0.29) is 25.7 Å². The maximum Gasteiger partial charge on any atom is 0.317 e. The first kappa shape index (κ1) is 10.7. The van der Waals surface area contributed by atoms with E-state index in [1.165, 1.54) is 17.7 Å². The zero-order valence-electron chi connectivity index (χ0n) is 8.84. The van der Waals surface area contributed by atoms with Crippen LogP contribution in [-0.4, -0.2) is 42.3 Å². The number of amides is 2. The van der Waals surface area contributed by atoms with Crippen molar-refractivity contribution < 1.29 is 9.18 Å². The van der Waals surface area contributed by atoms with Gasteiger partial charge >= 0.3 is 6.03 Å². The molecule has 1 aliphatic heterocycles. The second-order valence-electron chi connectivity index (χ2n) is 4.64. The number of urea groups is 1. The third-order valence-electron chi connectivity index (χ3n) is 3.28. The molecule has 0 aromatic heterocycles. The highest BCUT2D eigenvalue weighted by molar-refractivity contribution is 5.75. The Kier molecular flexibility index (Phi) is 2.82. The molecule has 0 aromatic rings. The van der Waals surface area contributed by atoms with Crippen LogP contribution in [0.1, 0.15) is 25.7 Å². The number of carbonyl (C=O) groups is 1. The topological polar surface area (TPSA) is 58.4 Å². The zero-order valence-corrected chi connectivity index (χ0v) is 8.84. The van der Waals surface area contributed by atoms with E-state index in [0.717, 1.165) is 12.8 Å². The molecule has 0 unspecified atom stereocenters. The molecule has 15 heavy (non-hydrogen) atoms. The fourth-order valence-electron chi connectivity index (χ4n) is 2.25. The van der Waals surface area contributed by atoms with Crippen LogP contribution in [0.25, 0.3) is 0 Å². The smallest absolute Gasteiger partial charge is 0.317 e. The van der Waals surface area contributed by atoms with Crippen LogP contribution < -0.4 is 11.1 Å². The monoisotopic (exact) mass is 215 g/mol. The number of rotatable bonds is 2. The summed E-state index contributed by atoms with van der Waals surface area (Å²) < 4.78 is 13.4. The van der Waals surface area contributed by atoms with Crippen LogP contribution in [0.3, 0.4) is 0 Å². The number of nitrogens with zero attached hydrogens (tertiary/aromatic N) is 1. The molecule has 0 bridgehead atoms. The lowest BCUT2D eigenvalue weighted by molar-refractivity contribution is 0.00157. The highest BCUT2D eigenvalue weighted by atomic mass is 19.1. The van der Waals surface area contributed by atoms with Gasteiger partial charge in [-0.3, -0.25) is 0 Å². The normalized spacial score (nSPS) is 25.1. The summed E-state index contributed by atoms with van der Waals surface area (Å²) in [4.78, 5) is 13.1. The zero-order chi connectivity index (χ0) is 10.9. The van der Waals surface area contributed by atoms with E-state index in [1.54, 1.807) is 0 Å². The van der Waals surface area contributed by atoms with Gasteiger partial charge in [0.1, 0.15) is 0 Å². The second-order valence-corrected chi connectivity index (χ2v) is 4.64. The van der Waals surface area contributed by atoms with E-state index in [2.05, 4.69) is 5.32 Å². The van der Waals surface area contributed by atoms with Crippen molar-refractivity contribution in [3.8, 4) is 0 Å². The number of nitrogens with two attached hydrogens (primary N) is 1. The summed E-state index contributed by atoms with van der Waals surface area (Å²) in [5.41, 5.74) is 3.92. The molecule has 1 heterocycles. The van der Waals surface area contributed by atoms with E-state index < -0.39 is 5.67 Å². The number of hydrogen-bond acceptors (Lipinski definition) is 2. The molecule has 1 aliphatic carbocycles. The summed E-state index contributed by atoms with van der Waals surface area (Å²) >= 11 is 0. The summed E-state index contributed by atoms with van der Waals surface area (Å²) in [5.74, 6) is 0. The van der Waals surface area contributed by atoms with Crippen LogP contribution in [0.5, 0.6) is 0 Å². The molecule has 5 heteroatoms. The molecular weight excluding hydrogens is 197 g/mol. The van der Waals surface area contributed by atoms with E-state index in [4.69, 9.17) is 5.73 Å². The minimum Gasteiger partial charge on any atom is -0.335 e.